The summed E-state index contributed by atoms with van der Waals surface area (Å²) in [6, 6.07) is 3.55. The van der Waals surface area contributed by atoms with Crippen LogP contribution in [0.1, 0.15) is 10.4 Å². The molecule has 0 heterocycles. The summed E-state index contributed by atoms with van der Waals surface area (Å²) >= 11 is 5.84. The van der Waals surface area contributed by atoms with Crippen LogP contribution in [0.4, 0.5) is 10.5 Å². The highest BCUT2D eigenvalue weighted by atomic mass is 35.5. The molecule has 1 rings (SSSR count). The van der Waals surface area contributed by atoms with Crippen LogP contribution in [0.2, 0.25) is 5.02 Å². The fourth-order valence-electron chi connectivity index (χ4n) is 1.11. The van der Waals surface area contributed by atoms with Gasteiger partial charge in [-0.3, -0.25) is 10.2 Å². The SMILES string of the molecule is COC(=O)c1ccc(Cl)c(NC(=O)NNC=O)c1. The summed E-state index contributed by atoms with van der Waals surface area (Å²) in [5, 5.41) is 2.59. The number of halogens is 1. The fourth-order valence-corrected chi connectivity index (χ4v) is 1.28. The number of carbonyl (C=O) groups excluding carboxylic acids is 3. The third kappa shape index (κ3) is 3.63. The van der Waals surface area contributed by atoms with Crippen LogP contribution in [0, 0.1) is 0 Å². The average molecular weight is 272 g/mol. The quantitative estimate of drug-likeness (QED) is 0.431. The van der Waals surface area contributed by atoms with E-state index in [-0.39, 0.29) is 16.3 Å². The average Bonchev–Trinajstić information content (AvgIpc) is 2.38. The standard InChI is InChI=1S/C10H10ClN3O4/c1-18-9(16)6-2-3-7(11)8(4-6)13-10(17)14-12-5-15/h2-5H,1H3,(H,12,15)(H2,13,14,17). The van der Waals surface area contributed by atoms with Crippen molar-refractivity contribution in [3.05, 3.63) is 28.8 Å². The zero-order valence-electron chi connectivity index (χ0n) is 9.32. The molecule has 18 heavy (non-hydrogen) atoms. The van der Waals surface area contributed by atoms with Gasteiger partial charge in [-0.25, -0.2) is 15.0 Å². The number of esters is 1. The van der Waals surface area contributed by atoms with E-state index in [1.807, 2.05) is 10.9 Å². The Bertz CT molecular complexity index is 478. The molecule has 0 radical (unpaired) electrons. The lowest BCUT2D eigenvalue weighted by atomic mass is 10.2. The molecule has 96 valence electrons. The molecule has 3 amide bonds. The molecule has 0 spiro atoms. The first-order chi connectivity index (χ1) is 8.58. The summed E-state index contributed by atoms with van der Waals surface area (Å²) < 4.78 is 4.53. The molecule has 0 aliphatic rings. The predicted molar refractivity (Wildman–Crippen MR) is 64.1 cm³/mol. The van der Waals surface area contributed by atoms with Gasteiger partial charge in [0.05, 0.1) is 23.4 Å². The summed E-state index contributed by atoms with van der Waals surface area (Å²) in [4.78, 5) is 32.5. The van der Waals surface area contributed by atoms with Crippen molar-refractivity contribution in [1.29, 1.82) is 0 Å². The van der Waals surface area contributed by atoms with E-state index < -0.39 is 12.0 Å². The number of hydrazine groups is 1. The predicted octanol–water partition coefficient (Wildman–Crippen LogP) is 0.909. The highest BCUT2D eigenvalue weighted by molar-refractivity contribution is 6.33. The number of nitrogens with one attached hydrogen (secondary N) is 3. The number of ether oxygens (including phenoxy) is 1. The Morgan fingerprint density at radius 3 is 2.72 bits per heavy atom. The van der Waals surface area contributed by atoms with E-state index in [1.165, 1.54) is 25.3 Å². The van der Waals surface area contributed by atoms with E-state index in [9.17, 15) is 14.4 Å². The molecule has 0 saturated carbocycles. The largest absolute Gasteiger partial charge is 0.465 e. The Morgan fingerprint density at radius 1 is 1.39 bits per heavy atom. The van der Waals surface area contributed by atoms with Crippen LogP contribution < -0.4 is 16.2 Å². The Kier molecular flexibility index (Phi) is 4.94. The van der Waals surface area contributed by atoms with Gasteiger partial charge < -0.3 is 10.1 Å². The highest BCUT2D eigenvalue weighted by Crippen LogP contribution is 2.23. The van der Waals surface area contributed by atoms with Gasteiger partial charge in [-0.05, 0) is 18.2 Å². The van der Waals surface area contributed by atoms with E-state index in [0.717, 1.165) is 0 Å². The van der Waals surface area contributed by atoms with Crippen molar-refractivity contribution in [2.45, 2.75) is 0 Å². The molecular weight excluding hydrogens is 262 g/mol. The number of benzene rings is 1. The molecule has 0 saturated heterocycles. The van der Waals surface area contributed by atoms with Crippen molar-refractivity contribution < 1.29 is 19.1 Å². The van der Waals surface area contributed by atoms with Crippen molar-refractivity contribution in [2.75, 3.05) is 12.4 Å². The number of anilines is 1. The molecule has 1 aromatic rings. The van der Waals surface area contributed by atoms with Gasteiger partial charge in [0.15, 0.2) is 0 Å². The van der Waals surface area contributed by atoms with Crippen molar-refractivity contribution in [2.24, 2.45) is 0 Å². The summed E-state index contributed by atoms with van der Waals surface area (Å²) in [6.45, 7) is 0. The van der Waals surface area contributed by atoms with Crippen LogP contribution in [0.25, 0.3) is 0 Å². The van der Waals surface area contributed by atoms with Crippen LogP contribution in [0.5, 0.6) is 0 Å². The summed E-state index contributed by atoms with van der Waals surface area (Å²) in [6.07, 6.45) is 0.298. The minimum Gasteiger partial charge on any atom is -0.465 e. The van der Waals surface area contributed by atoms with Gasteiger partial charge in [-0.15, -0.1) is 0 Å². The summed E-state index contributed by atoms with van der Waals surface area (Å²) in [5.41, 5.74) is 4.44. The monoisotopic (exact) mass is 271 g/mol. The number of amides is 3. The van der Waals surface area contributed by atoms with Gasteiger partial charge in [0.2, 0.25) is 6.41 Å². The zero-order valence-corrected chi connectivity index (χ0v) is 10.1. The maximum absolute atomic E-state index is 11.3. The summed E-state index contributed by atoms with van der Waals surface area (Å²) in [5.74, 6) is -0.554. The van der Waals surface area contributed by atoms with Gasteiger partial charge in [-0.1, -0.05) is 11.6 Å². The van der Waals surface area contributed by atoms with E-state index in [1.54, 1.807) is 0 Å². The van der Waals surface area contributed by atoms with Crippen LogP contribution in [0.15, 0.2) is 18.2 Å². The van der Waals surface area contributed by atoms with Gasteiger partial charge in [-0.2, -0.15) is 0 Å². The van der Waals surface area contributed by atoms with Crippen molar-refractivity contribution in [3.8, 4) is 0 Å². The zero-order chi connectivity index (χ0) is 13.5. The smallest absolute Gasteiger partial charge is 0.337 e. The van der Waals surface area contributed by atoms with Gasteiger partial charge >= 0.3 is 12.0 Å². The van der Waals surface area contributed by atoms with E-state index in [4.69, 9.17) is 11.6 Å². The van der Waals surface area contributed by atoms with E-state index in [2.05, 4.69) is 10.1 Å². The van der Waals surface area contributed by atoms with Crippen LogP contribution in [-0.2, 0) is 9.53 Å². The Morgan fingerprint density at radius 2 is 2.11 bits per heavy atom. The van der Waals surface area contributed by atoms with E-state index >= 15 is 0 Å². The first kappa shape index (κ1) is 13.8. The fraction of sp³-hybridized carbons (Fsp3) is 0.100. The highest BCUT2D eigenvalue weighted by Gasteiger charge is 2.10. The molecule has 0 atom stereocenters. The van der Waals surface area contributed by atoms with Gasteiger partial charge in [0, 0.05) is 0 Å². The third-order valence-electron chi connectivity index (χ3n) is 1.88. The molecule has 0 unspecified atom stereocenters. The van der Waals surface area contributed by atoms with Crippen molar-refractivity contribution >= 4 is 35.7 Å². The molecule has 0 aliphatic heterocycles. The first-order valence-corrected chi connectivity index (χ1v) is 5.10. The number of urea groups is 1. The normalized spacial score (nSPS) is 9.22. The minimum atomic E-state index is -0.703. The van der Waals surface area contributed by atoms with Crippen LogP contribution in [0.3, 0.4) is 0 Å². The molecule has 1 aromatic carbocycles. The van der Waals surface area contributed by atoms with Crippen LogP contribution >= 0.6 is 11.6 Å². The van der Waals surface area contributed by atoms with Gasteiger partial charge in [0.25, 0.3) is 0 Å². The summed E-state index contributed by atoms with van der Waals surface area (Å²) in [7, 11) is 1.24. The second kappa shape index (κ2) is 6.45. The lowest BCUT2D eigenvalue weighted by Crippen LogP contribution is -2.39. The maximum atomic E-state index is 11.3. The van der Waals surface area contributed by atoms with E-state index in [0.29, 0.717) is 6.41 Å². The lowest BCUT2D eigenvalue weighted by molar-refractivity contribution is -0.110. The number of hydrogen-bond acceptors (Lipinski definition) is 4. The number of hydrogen-bond donors (Lipinski definition) is 3. The Hall–Kier alpha value is -2.28. The molecule has 0 fully saturated rings. The Labute approximate surface area is 107 Å². The Balaban J connectivity index is 2.84. The second-order valence-electron chi connectivity index (χ2n) is 3.03. The molecular formula is C10H10ClN3O4. The van der Waals surface area contributed by atoms with Crippen molar-refractivity contribution in [3.63, 3.8) is 0 Å². The molecule has 8 heteroatoms. The minimum absolute atomic E-state index is 0.213. The number of rotatable bonds is 4. The molecule has 0 aliphatic carbocycles. The molecule has 7 nitrogen and oxygen atoms in total. The topological polar surface area (TPSA) is 96.5 Å². The third-order valence-corrected chi connectivity index (χ3v) is 2.21. The van der Waals surface area contributed by atoms with Crippen molar-refractivity contribution in [1.82, 2.24) is 10.9 Å². The van der Waals surface area contributed by atoms with Gasteiger partial charge in [0.1, 0.15) is 0 Å². The van der Waals surface area contributed by atoms with Crippen LogP contribution in [-0.4, -0.2) is 25.5 Å². The second-order valence-corrected chi connectivity index (χ2v) is 3.43. The molecule has 0 bridgehead atoms. The number of carbonyl (C=O) groups is 3. The molecule has 3 N–H and O–H groups in total. The maximum Gasteiger partial charge on any atom is 0.337 e. The lowest BCUT2D eigenvalue weighted by Gasteiger charge is -2.09. The first-order valence-electron chi connectivity index (χ1n) is 4.72. The number of methoxy groups -OCH3 is 1. The molecule has 0 aromatic heterocycles.